The molecule has 1 saturated carbocycles. The summed E-state index contributed by atoms with van der Waals surface area (Å²) in [5, 5.41) is 3.26. The van der Waals surface area contributed by atoms with E-state index in [9.17, 15) is 9.59 Å². The maximum absolute atomic E-state index is 13.6. The van der Waals surface area contributed by atoms with Crippen LogP contribution < -0.4 is 5.32 Å². The molecule has 1 aliphatic carbocycles. The molecule has 0 radical (unpaired) electrons. The maximum Gasteiger partial charge on any atom is 0.243 e. The molecular formula is C31H44N2O2. The van der Waals surface area contributed by atoms with Crippen molar-refractivity contribution in [2.24, 2.45) is 0 Å². The van der Waals surface area contributed by atoms with Crippen LogP contribution in [0.5, 0.6) is 0 Å². The fourth-order valence-corrected chi connectivity index (χ4v) is 4.92. The Balaban J connectivity index is 1.73. The van der Waals surface area contributed by atoms with E-state index >= 15 is 0 Å². The van der Waals surface area contributed by atoms with Gasteiger partial charge in [-0.05, 0) is 54.7 Å². The summed E-state index contributed by atoms with van der Waals surface area (Å²) in [6.45, 7) is 11.1. The summed E-state index contributed by atoms with van der Waals surface area (Å²) in [6, 6.07) is 16.6. The SMILES string of the molecule is CC[C@H](C(=O)NC1CCCCC1)N(Cc1ccc(C)cc1)C(=O)CCc1ccc(C(C)(C)C)cc1. The Kier molecular flexibility index (Phi) is 9.54. The molecule has 1 aliphatic rings. The Morgan fingerprint density at radius 1 is 0.943 bits per heavy atom. The molecule has 0 unspecified atom stereocenters. The second-order valence-electron chi connectivity index (χ2n) is 11.2. The molecule has 4 heteroatoms. The summed E-state index contributed by atoms with van der Waals surface area (Å²) in [6.07, 6.45) is 7.35. The van der Waals surface area contributed by atoms with Gasteiger partial charge in [-0.3, -0.25) is 9.59 Å². The number of nitrogens with one attached hydrogen (secondary N) is 1. The highest BCUT2D eigenvalue weighted by atomic mass is 16.2. The van der Waals surface area contributed by atoms with Gasteiger partial charge in [-0.2, -0.15) is 0 Å². The lowest BCUT2D eigenvalue weighted by atomic mass is 9.86. The average molecular weight is 477 g/mol. The molecule has 0 spiro atoms. The minimum atomic E-state index is -0.450. The second kappa shape index (κ2) is 12.4. The van der Waals surface area contributed by atoms with Gasteiger partial charge in [0.2, 0.25) is 11.8 Å². The Hall–Kier alpha value is -2.62. The molecule has 2 aromatic carbocycles. The van der Waals surface area contributed by atoms with E-state index < -0.39 is 6.04 Å². The lowest BCUT2D eigenvalue weighted by Gasteiger charge is -2.33. The molecule has 1 atom stereocenters. The van der Waals surface area contributed by atoms with E-state index in [1.54, 1.807) is 0 Å². The normalized spacial score (nSPS) is 15.5. The molecule has 0 heterocycles. The molecule has 190 valence electrons. The van der Waals surface area contributed by atoms with Gasteiger partial charge < -0.3 is 10.2 Å². The van der Waals surface area contributed by atoms with Crippen molar-refractivity contribution >= 4 is 11.8 Å². The van der Waals surface area contributed by atoms with Crippen LogP contribution in [0, 0.1) is 6.92 Å². The Morgan fingerprint density at radius 2 is 1.54 bits per heavy atom. The van der Waals surface area contributed by atoms with Gasteiger partial charge in [0.1, 0.15) is 6.04 Å². The predicted molar refractivity (Wildman–Crippen MR) is 144 cm³/mol. The average Bonchev–Trinajstić information content (AvgIpc) is 2.84. The van der Waals surface area contributed by atoms with Crippen molar-refractivity contribution in [3.63, 3.8) is 0 Å². The van der Waals surface area contributed by atoms with Gasteiger partial charge in [-0.1, -0.05) is 101 Å². The van der Waals surface area contributed by atoms with Crippen LogP contribution in [0.3, 0.4) is 0 Å². The van der Waals surface area contributed by atoms with Crippen LogP contribution in [0.4, 0.5) is 0 Å². The van der Waals surface area contributed by atoms with Gasteiger partial charge in [0.25, 0.3) is 0 Å². The summed E-state index contributed by atoms with van der Waals surface area (Å²) in [4.78, 5) is 28.7. The zero-order chi connectivity index (χ0) is 25.4. The minimum Gasteiger partial charge on any atom is -0.352 e. The highest BCUT2D eigenvalue weighted by molar-refractivity contribution is 5.88. The first-order valence-electron chi connectivity index (χ1n) is 13.4. The Labute approximate surface area is 212 Å². The topological polar surface area (TPSA) is 49.4 Å². The molecule has 1 N–H and O–H groups in total. The number of carbonyl (C=O) groups is 2. The summed E-state index contributed by atoms with van der Waals surface area (Å²) in [5.41, 5.74) is 4.80. The number of aryl methyl sites for hydroxylation is 2. The maximum atomic E-state index is 13.6. The number of hydrogen-bond acceptors (Lipinski definition) is 2. The van der Waals surface area contributed by atoms with Crippen molar-refractivity contribution in [2.45, 2.75) is 110 Å². The summed E-state index contributed by atoms with van der Waals surface area (Å²) in [5.74, 6) is 0.0329. The third-order valence-electron chi connectivity index (χ3n) is 7.26. The summed E-state index contributed by atoms with van der Waals surface area (Å²) < 4.78 is 0. The molecule has 0 aromatic heterocycles. The van der Waals surface area contributed by atoms with Crippen molar-refractivity contribution in [3.8, 4) is 0 Å². The lowest BCUT2D eigenvalue weighted by Crippen LogP contribution is -2.51. The first kappa shape index (κ1) is 27.0. The first-order valence-corrected chi connectivity index (χ1v) is 13.4. The van der Waals surface area contributed by atoms with Crippen LogP contribution in [0.25, 0.3) is 0 Å². The molecule has 2 aromatic rings. The largest absolute Gasteiger partial charge is 0.352 e. The van der Waals surface area contributed by atoms with Gasteiger partial charge in [0.15, 0.2) is 0 Å². The second-order valence-corrected chi connectivity index (χ2v) is 11.2. The molecule has 0 aliphatic heterocycles. The first-order chi connectivity index (χ1) is 16.7. The zero-order valence-electron chi connectivity index (χ0n) is 22.4. The number of amides is 2. The van der Waals surface area contributed by atoms with Gasteiger partial charge in [-0.25, -0.2) is 0 Å². The van der Waals surface area contributed by atoms with Gasteiger partial charge in [-0.15, -0.1) is 0 Å². The predicted octanol–water partition coefficient (Wildman–Crippen LogP) is 6.48. The van der Waals surface area contributed by atoms with Crippen molar-refractivity contribution in [2.75, 3.05) is 0 Å². The fraction of sp³-hybridized carbons (Fsp3) is 0.548. The Morgan fingerprint density at radius 3 is 2.11 bits per heavy atom. The third kappa shape index (κ3) is 7.95. The molecule has 0 saturated heterocycles. The molecule has 2 amide bonds. The van der Waals surface area contributed by atoms with Crippen LogP contribution in [0.1, 0.15) is 94.9 Å². The van der Waals surface area contributed by atoms with Crippen molar-refractivity contribution in [1.82, 2.24) is 10.2 Å². The van der Waals surface area contributed by atoms with Gasteiger partial charge in [0, 0.05) is 19.0 Å². The number of rotatable bonds is 9. The van der Waals surface area contributed by atoms with E-state index in [1.165, 1.54) is 30.4 Å². The van der Waals surface area contributed by atoms with E-state index in [0.717, 1.165) is 24.0 Å². The van der Waals surface area contributed by atoms with Gasteiger partial charge >= 0.3 is 0 Å². The summed E-state index contributed by atoms with van der Waals surface area (Å²) in [7, 11) is 0. The Bertz CT molecular complexity index is 951. The third-order valence-corrected chi connectivity index (χ3v) is 7.26. The molecule has 3 rings (SSSR count). The van der Waals surface area contributed by atoms with Crippen molar-refractivity contribution in [1.29, 1.82) is 0 Å². The van der Waals surface area contributed by atoms with Crippen LogP contribution in [-0.2, 0) is 28.0 Å². The van der Waals surface area contributed by atoms with E-state index in [2.05, 4.69) is 81.5 Å². The van der Waals surface area contributed by atoms with E-state index in [-0.39, 0.29) is 23.3 Å². The number of hydrogen-bond donors (Lipinski definition) is 1. The molecule has 0 bridgehead atoms. The fourth-order valence-electron chi connectivity index (χ4n) is 4.92. The highest BCUT2D eigenvalue weighted by Gasteiger charge is 2.30. The highest BCUT2D eigenvalue weighted by Crippen LogP contribution is 2.23. The van der Waals surface area contributed by atoms with Crippen LogP contribution in [0.2, 0.25) is 0 Å². The zero-order valence-corrected chi connectivity index (χ0v) is 22.4. The number of benzene rings is 2. The van der Waals surface area contributed by atoms with E-state index in [4.69, 9.17) is 0 Å². The van der Waals surface area contributed by atoms with Gasteiger partial charge in [0.05, 0.1) is 0 Å². The van der Waals surface area contributed by atoms with E-state index in [1.807, 2.05) is 11.8 Å². The van der Waals surface area contributed by atoms with Crippen molar-refractivity contribution < 1.29 is 9.59 Å². The molecule has 35 heavy (non-hydrogen) atoms. The molecular weight excluding hydrogens is 432 g/mol. The summed E-state index contributed by atoms with van der Waals surface area (Å²) >= 11 is 0. The van der Waals surface area contributed by atoms with Crippen LogP contribution >= 0.6 is 0 Å². The number of nitrogens with zero attached hydrogens (tertiary/aromatic N) is 1. The number of carbonyl (C=O) groups excluding carboxylic acids is 2. The molecule has 4 nitrogen and oxygen atoms in total. The van der Waals surface area contributed by atoms with Crippen LogP contribution in [0.15, 0.2) is 48.5 Å². The smallest absolute Gasteiger partial charge is 0.243 e. The standard InChI is InChI=1S/C31H44N2O2/c1-6-28(30(35)32-27-10-8-7-9-11-27)33(22-25-14-12-23(2)13-15-25)29(34)21-18-24-16-19-26(20-17-24)31(3,4)5/h12-17,19-20,27-28H,6-11,18,21-22H2,1-5H3,(H,32,35)/t28-/m1/s1. The molecule has 1 fully saturated rings. The van der Waals surface area contributed by atoms with Crippen molar-refractivity contribution in [3.05, 3.63) is 70.8 Å². The minimum absolute atomic E-state index is 0.00519. The quantitative estimate of drug-likeness (QED) is 0.450. The van der Waals surface area contributed by atoms with Crippen LogP contribution in [-0.4, -0.2) is 28.8 Å². The van der Waals surface area contributed by atoms with E-state index in [0.29, 0.717) is 25.8 Å². The lowest BCUT2D eigenvalue weighted by molar-refractivity contribution is -0.141. The monoisotopic (exact) mass is 476 g/mol.